The number of hydrogen-bond acceptors (Lipinski definition) is 7. The number of carbonyl (C=O) groups excluding carboxylic acids is 1. The minimum Gasteiger partial charge on any atom is -0.506 e. The SMILES string of the molecule is CCOc1cccc(/C=C2/SC(=Nc3cccc(Cl)c3)C(C(=O)OC)=C2O)c1O. The van der Waals surface area contributed by atoms with Gasteiger partial charge in [0.1, 0.15) is 16.4 Å². The van der Waals surface area contributed by atoms with Crippen molar-refractivity contribution in [3.05, 3.63) is 69.3 Å². The molecule has 8 heteroatoms. The fourth-order valence-electron chi connectivity index (χ4n) is 2.62. The molecule has 0 spiro atoms. The number of carbonyl (C=O) groups is 1. The molecule has 2 aromatic carbocycles. The van der Waals surface area contributed by atoms with Crippen LogP contribution in [0.2, 0.25) is 5.02 Å². The van der Waals surface area contributed by atoms with Gasteiger partial charge in [-0.2, -0.15) is 0 Å². The molecule has 0 saturated carbocycles. The van der Waals surface area contributed by atoms with E-state index in [-0.39, 0.29) is 22.1 Å². The number of phenolic OH excluding ortho intramolecular Hbond substituents is 1. The van der Waals surface area contributed by atoms with Crippen molar-refractivity contribution in [2.75, 3.05) is 13.7 Å². The van der Waals surface area contributed by atoms with Gasteiger partial charge in [0.25, 0.3) is 0 Å². The van der Waals surface area contributed by atoms with Gasteiger partial charge in [-0.3, -0.25) is 0 Å². The van der Waals surface area contributed by atoms with Gasteiger partial charge in [-0.05, 0) is 37.3 Å². The quantitative estimate of drug-likeness (QED) is 0.629. The number of nitrogens with zero attached hydrogens (tertiary/aromatic N) is 1. The molecule has 0 unspecified atom stereocenters. The summed E-state index contributed by atoms with van der Waals surface area (Å²) in [7, 11) is 1.23. The number of aliphatic imine (C=N–C) groups is 1. The van der Waals surface area contributed by atoms with Crippen LogP contribution < -0.4 is 4.74 Å². The number of aromatic hydroxyl groups is 1. The van der Waals surface area contributed by atoms with Crippen molar-refractivity contribution < 1.29 is 24.5 Å². The van der Waals surface area contributed by atoms with E-state index in [1.54, 1.807) is 48.5 Å². The van der Waals surface area contributed by atoms with Gasteiger partial charge in [-0.15, -0.1) is 0 Å². The number of phenols is 1. The number of thioether (sulfide) groups is 1. The Morgan fingerprint density at radius 2 is 2.00 bits per heavy atom. The molecule has 1 heterocycles. The molecule has 0 radical (unpaired) electrons. The number of aliphatic hydroxyl groups is 1. The molecule has 0 amide bonds. The zero-order valence-electron chi connectivity index (χ0n) is 15.7. The fourth-order valence-corrected chi connectivity index (χ4v) is 3.83. The van der Waals surface area contributed by atoms with Crippen molar-refractivity contribution in [1.82, 2.24) is 0 Å². The van der Waals surface area contributed by atoms with E-state index in [0.29, 0.717) is 33.5 Å². The molecular formula is C21H18ClNO5S. The van der Waals surface area contributed by atoms with Crippen molar-refractivity contribution >= 4 is 46.1 Å². The molecule has 0 aromatic heterocycles. The number of para-hydroxylation sites is 1. The van der Waals surface area contributed by atoms with Gasteiger partial charge in [0, 0.05) is 10.6 Å². The van der Waals surface area contributed by atoms with E-state index in [0.717, 1.165) is 11.8 Å². The first-order valence-electron chi connectivity index (χ1n) is 8.65. The summed E-state index contributed by atoms with van der Waals surface area (Å²) in [5.41, 5.74) is 0.902. The topological polar surface area (TPSA) is 88.4 Å². The summed E-state index contributed by atoms with van der Waals surface area (Å²) in [6.45, 7) is 2.21. The lowest BCUT2D eigenvalue weighted by atomic mass is 10.1. The number of esters is 1. The second kappa shape index (κ2) is 9.07. The standard InChI is InChI=1S/C21H18ClNO5S/c1-3-28-15-9-4-6-12(18(15)24)10-16-19(25)17(21(26)27-2)20(29-16)23-14-8-5-7-13(22)11-14/h4-11,24-25H,3H2,1-2H3/b16-10+,23-20?. The van der Waals surface area contributed by atoms with Crippen LogP contribution in [0.3, 0.4) is 0 Å². The molecule has 0 fully saturated rings. The largest absolute Gasteiger partial charge is 0.506 e. The molecular weight excluding hydrogens is 414 g/mol. The van der Waals surface area contributed by atoms with E-state index >= 15 is 0 Å². The lowest BCUT2D eigenvalue weighted by Gasteiger charge is -2.08. The summed E-state index contributed by atoms with van der Waals surface area (Å²) in [6, 6.07) is 11.8. The third-order valence-electron chi connectivity index (χ3n) is 3.94. The van der Waals surface area contributed by atoms with Crippen LogP contribution in [0.5, 0.6) is 11.5 Å². The van der Waals surface area contributed by atoms with E-state index < -0.39 is 5.97 Å². The van der Waals surface area contributed by atoms with Gasteiger partial charge in [0.2, 0.25) is 0 Å². The Morgan fingerprint density at radius 3 is 2.69 bits per heavy atom. The lowest BCUT2D eigenvalue weighted by Crippen LogP contribution is -2.10. The van der Waals surface area contributed by atoms with Gasteiger partial charge in [0.05, 0.1) is 24.3 Å². The summed E-state index contributed by atoms with van der Waals surface area (Å²) in [5, 5.41) is 21.8. The second-order valence-electron chi connectivity index (χ2n) is 5.85. The van der Waals surface area contributed by atoms with Gasteiger partial charge < -0.3 is 19.7 Å². The van der Waals surface area contributed by atoms with E-state index in [1.165, 1.54) is 7.11 Å². The zero-order chi connectivity index (χ0) is 21.0. The molecule has 29 heavy (non-hydrogen) atoms. The Bertz CT molecular complexity index is 1050. The molecule has 0 bridgehead atoms. The molecule has 2 aromatic rings. The number of ether oxygens (including phenoxy) is 2. The summed E-state index contributed by atoms with van der Waals surface area (Å²) in [6.07, 6.45) is 1.56. The highest BCUT2D eigenvalue weighted by atomic mass is 35.5. The van der Waals surface area contributed by atoms with E-state index in [4.69, 9.17) is 21.1 Å². The van der Waals surface area contributed by atoms with E-state index in [1.807, 2.05) is 6.92 Å². The zero-order valence-corrected chi connectivity index (χ0v) is 17.3. The van der Waals surface area contributed by atoms with Crippen molar-refractivity contribution in [3.63, 3.8) is 0 Å². The average molecular weight is 432 g/mol. The van der Waals surface area contributed by atoms with E-state index in [9.17, 15) is 15.0 Å². The summed E-state index contributed by atoms with van der Waals surface area (Å²) < 4.78 is 10.2. The highest BCUT2D eigenvalue weighted by Crippen LogP contribution is 2.42. The number of methoxy groups -OCH3 is 1. The Hall–Kier alpha value is -2.90. The molecule has 0 aliphatic carbocycles. The minimum absolute atomic E-state index is 0.0517. The van der Waals surface area contributed by atoms with Crippen molar-refractivity contribution in [2.45, 2.75) is 6.92 Å². The minimum atomic E-state index is -0.716. The Labute approximate surface area is 177 Å². The van der Waals surface area contributed by atoms with Crippen molar-refractivity contribution in [1.29, 1.82) is 0 Å². The highest BCUT2D eigenvalue weighted by molar-refractivity contribution is 8.18. The van der Waals surface area contributed by atoms with Crippen LogP contribution in [0.4, 0.5) is 5.69 Å². The van der Waals surface area contributed by atoms with Gasteiger partial charge in [0.15, 0.2) is 11.5 Å². The van der Waals surface area contributed by atoms with Gasteiger partial charge in [-0.1, -0.05) is 41.6 Å². The maximum Gasteiger partial charge on any atom is 0.344 e. The molecule has 3 rings (SSSR count). The highest BCUT2D eigenvalue weighted by Gasteiger charge is 2.33. The number of benzene rings is 2. The Balaban J connectivity index is 2.06. The van der Waals surface area contributed by atoms with Crippen LogP contribution in [0.1, 0.15) is 12.5 Å². The van der Waals surface area contributed by atoms with Crippen LogP contribution in [-0.4, -0.2) is 34.9 Å². The number of halogens is 1. The first-order chi connectivity index (χ1) is 13.9. The summed E-state index contributed by atoms with van der Waals surface area (Å²) in [5.74, 6) is -0.722. The predicted molar refractivity (Wildman–Crippen MR) is 115 cm³/mol. The van der Waals surface area contributed by atoms with Crippen molar-refractivity contribution in [3.8, 4) is 11.5 Å². The number of aliphatic hydroxyl groups excluding tert-OH is 1. The molecule has 6 nitrogen and oxygen atoms in total. The third-order valence-corrected chi connectivity index (χ3v) is 5.19. The number of hydrogen-bond donors (Lipinski definition) is 2. The van der Waals surface area contributed by atoms with Gasteiger partial charge >= 0.3 is 5.97 Å². The fraction of sp³-hybridized carbons (Fsp3) is 0.143. The molecule has 1 aliphatic rings. The molecule has 0 atom stereocenters. The summed E-state index contributed by atoms with van der Waals surface area (Å²) in [4.78, 5) is 17.0. The van der Waals surface area contributed by atoms with Crippen molar-refractivity contribution in [2.24, 2.45) is 4.99 Å². The Kier molecular flexibility index (Phi) is 6.51. The van der Waals surface area contributed by atoms with E-state index in [2.05, 4.69) is 4.99 Å². The monoisotopic (exact) mass is 431 g/mol. The second-order valence-corrected chi connectivity index (χ2v) is 7.32. The average Bonchev–Trinajstić information content (AvgIpc) is 2.99. The molecule has 1 aliphatic heterocycles. The molecule has 150 valence electrons. The maximum atomic E-state index is 12.2. The lowest BCUT2D eigenvalue weighted by molar-refractivity contribution is -0.135. The predicted octanol–water partition coefficient (Wildman–Crippen LogP) is 5.25. The summed E-state index contributed by atoms with van der Waals surface area (Å²) >= 11 is 7.08. The smallest absolute Gasteiger partial charge is 0.344 e. The van der Waals surface area contributed by atoms with Gasteiger partial charge in [-0.25, -0.2) is 9.79 Å². The van der Waals surface area contributed by atoms with Crippen LogP contribution in [0.25, 0.3) is 6.08 Å². The normalized spacial score (nSPS) is 16.5. The third kappa shape index (κ3) is 4.58. The molecule has 0 saturated heterocycles. The Morgan fingerprint density at radius 1 is 1.24 bits per heavy atom. The van der Waals surface area contributed by atoms with Crippen LogP contribution in [-0.2, 0) is 9.53 Å². The molecule has 2 N–H and O–H groups in total. The first-order valence-corrected chi connectivity index (χ1v) is 9.85. The van der Waals surface area contributed by atoms with Crippen LogP contribution in [0, 0.1) is 0 Å². The number of rotatable bonds is 5. The maximum absolute atomic E-state index is 12.2. The first kappa shape index (κ1) is 20.8. The van der Waals surface area contributed by atoms with Crippen LogP contribution in [0.15, 0.2) is 63.7 Å². The van der Waals surface area contributed by atoms with Crippen LogP contribution >= 0.6 is 23.4 Å².